The Kier molecular flexibility index (Phi) is 3.34. The third-order valence-corrected chi connectivity index (χ3v) is 2.70. The van der Waals surface area contributed by atoms with Crippen molar-refractivity contribution in [2.45, 2.75) is 4.90 Å². The number of aromatic carboxylic acids is 1. The molecule has 0 saturated carbocycles. The third-order valence-electron chi connectivity index (χ3n) is 1.79. The van der Waals surface area contributed by atoms with E-state index in [1.54, 1.807) is 0 Å². The lowest BCUT2D eigenvalue weighted by Gasteiger charge is -2.07. The molecule has 92 valence electrons. The molecular formula is C8H8N2O6S. The Hall–Kier alpha value is -2.13. The highest BCUT2D eigenvalue weighted by molar-refractivity contribution is 7.89. The van der Waals surface area contributed by atoms with Crippen molar-refractivity contribution in [3.63, 3.8) is 0 Å². The third kappa shape index (κ3) is 3.16. The van der Waals surface area contributed by atoms with Gasteiger partial charge in [-0.1, -0.05) is 0 Å². The molecule has 1 aromatic carbocycles. The van der Waals surface area contributed by atoms with Crippen LogP contribution in [0.15, 0.2) is 23.1 Å². The van der Waals surface area contributed by atoms with E-state index in [0.717, 1.165) is 18.2 Å². The van der Waals surface area contributed by atoms with E-state index < -0.39 is 32.5 Å². The van der Waals surface area contributed by atoms with Crippen molar-refractivity contribution in [1.29, 1.82) is 0 Å². The molecule has 0 aliphatic heterocycles. The van der Waals surface area contributed by atoms with Gasteiger partial charge in [0.25, 0.3) is 0 Å². The predicted octanol–water partition coefficient (Wildman–Crippen LogP) is 0.122. The van der Waals surface area contributed by atoms with Crippen LogP contribution in [0.25, 0.3) is 0 Å². The first kappa shape index (κ1) is 12.9. The molecule has 0 aromatic heterocycles. The van der Waals surface area contributed by atoms with Crippen molar-refractivity contribution < 1.29 is 28.2 Å². The van der Waals surface area contributed by atoms with Crippen LogP contribution in [0.1, 0.15) is 10.4 Å². The van der Waals surface area contributed by atoms with Crippen molar-refractivity contribution in [1.82, 2.24) is 0 Å². The number of primary sulfonamides is 1. The summed E-state index contributed by atoms with van der Waals surface area (Å²) >= 11 is 0. The molecule has 0 heterocycles. The van der Waals surface area contributed by atoms with Crippen LogP contribution in [0.2, 0.25) is 0 Å². The van der Waals surface area contributed by atoms with Gasteiger partial charge in [-0.3, -0.25) is 5.32 Å². The van der Waals surface area contributed by atoms with Crippen LogP contribution in [0.5, 0.6) is 0 Å². The molecule has 0 spiro atoms. The fourth-order valence-corrected chi connectivity index (χ4v) is 1.64. The average molecular weight is 260 g/mol. The summed E-state index contributed by atoms with van der Waals surface area (Å²) in [6.07, 6.45) is -1.46. The van der Waals surface area contributed by atoms with Gasteiger partial charge < -0.3 is 10.2 Å². The van der Waals surface area contributed by atoms with Gasteiger partial charge in [-0.05, 0) is 18.2 Å². The Morgan fingerprint density at radius 3 is 2.24 bits per heavy atom. The molecule has 0 saturated heterocycles. The lowest BCUT2D eigenvalue weighted by atomic mass is 10.2. The van der Waals surface area contributed by atoms with Gasteiger partial charge in [0.05, 0.1) is 16.1 Å². The first-order valence-corrected chi connectivity index (χ1v) is 5.66. The average Bonchev–Trinajstić information content (AvgIpc) is 2.15. The number of sulfonamides is 1. The number of amides is 1. The second-order valence-corrected chi connectivity index (χ2v) is 4.55. The van der Waals surface area contributed by atoms with E-state index in [1.807, 2.05) is 5.32 Å². The molecule has 1 rings (SSSR count). The van der Waals surface area contributed by atoms with Gasteiger partial charge in [0, 0.05) is 0 Å². The minimum Gasteiger partial charge on any atom is -0.478 e. The lowest BCUT2D eigenvalue weighted by molar-refractivity contribution is 0.0698. The van der Waals surface area contributed by atoms with E-state index in [-0.39, 0.29) is 5.69 Å². The van der Waals surface area contributed by atoms with Crippen LogP contribution in [0.3, 0.4) is 0 Å². The van der Waals surface area contributed by atoms with Gasteiger partial charge in [0.1, 0.15) is 0 Å². The number of carboxylic acids is 1. The molecule has 5 N–H and O–H groups in total. The maximum atomic E-state index is 11.0. The summed E-state index contributed by atoms with van der Waals surface area (Å²) in [6, 6.07) is 2.80. The maximum Gasteiger partial charge on any atom is 0.409 e. The molecule has 9 heteroatoms. The molecule has 0 radical (unpaired) electrons. The van der Waals surface area contributed by atoms with Crippen molar-refractivity contribution in [2.75, 3.05) is 5.32 Å². The normalized spacial score (nSPS) is 10.9. The fourth-order valence-electron chi connectivity index (χ4n) is 1.10. The molecule has 0 aliphatic carbocycles. The highest BCUT2D eigenvalue weighted by Gasteiger charge is 2.16. The predicted molar refractivity (Wildman–Crippen MR) is 56.4 cm³/mol. The summed E-state index contributed by atoms with van der Waals surface area (Å²) in [6.45, 7) is 0. The summed E-state index contributed by atoms with van der Waals surface area (Å²) in [5.41, 5.74) is -0.740. The zero-order chi connectivity index (χ0) is 13.2. The van der Waals surface area contributed by atoms with Crippen LogP contribution in [0.4, 0.5) is 10.5 Å². The van der Waals surface area contributed by atoms with E-state index >= 15 is 0 Å². The monoisotopic (exact) mass is 260 g/mol. The van der Waals surface area contributed by atoms with Crippen molar-refractivity contribution in [2.24, 2.45) is 5.14 Å². The van der Waals surface area contributed by atoms with Crippen molar-refractivity contribution in [3.8, 4) is 0 Å². The number of anilines is 1. The maximum absolute atomic E-state index is 11.0. The highest BCUT2D eigenvalue weighted by atomic mass is 32.2. The Morgan fingerprint density at radius 2 is 1.82 bits per heavy atom. The number of rotatable bonds is 3. The number of hydrogen-bond acceptors (Lipinski definition) is 4. The number of nitrogens with two attached hydrogens (primary N) is 1. The Bertz CT molecular complexity index is 580. The number of carboxylic acid groups (broad SMARTS) is 2. The summed E-state index contributed by atoms with van der Waals surface area (Å²) in [5.74, 6) is -1.47. The molecular weight excluding hydrogens is 252 g/mol. The van der Waals surface area contributed by atoms with Crippen LogP contribution in [0, 0.1) is 0 Å². The van der Waals surface area contributed by atoms with Crippen LogP contribution in [-0.2, 0) is 10.0 Å². The quantitative estimate of drug-likeness (QED) is 0.607. The Balaban J connectivity index is 3.37. The van der Waals surface area contributed by atoms with E-state index in [0.29, 0.717) is 0 Å². The van der Waals surface area contributed by atoms with E-state index in [1.165, 1.54) is 0 Å². The molecule has 0 bridgehead atoms. The molecule has 0 fully saturated rings. The van der Waals surface area contributed by atoms with Crippen LogP contribution < -0.4 is 10.5 Å². The van der Waals surface area contributed by atoms with Crippen LogP contribution in [-0.4, -0.2) is 30.7 Å². The van der Waals surface area contributed by atoms with Gasteiger partial charge in [-0.2, -0.15) is 0 Å². The molecule has 0 aliphatic rings. The van der Waals surface area contributed by atoms with E-state index in [9.17, 15) is 18.0 Å². The fraction of sp³-hybridized carbons (Fsp3) is 0. The standard InChI is InChI=1S/C8H8N2O6S/c9-17(15,16)4-1-2-6(10-8(13)14)5(3-4)7(11)12/h1-3,10H,(H,11,12)(H,13,14)(H2,9,15,16). The van der Waals surface area contributed by atoms with Gasteiger partial charge >= 0.3 is 12.1 Å². The summed E-state index contributed by atoms with van der Waals surface area (Å²) in [5, 5.41) is 23.9. The lowest BCUT2D eigenvalue weighted by Crippen LogP contribution is -2.15. The number of hydrogen-bond donors (Lipinski definition) is 4. The van der Waals surface area contributed by atoms with Gasteiger partial charge in [0.2, 0.25) is 10.0 Å². The first-order valence-electron chi connectivity index (χ1n) is 4.12. The number of benzene rings is 1. The highest BCUT2D eigenvalue weighted by Crippen LogP contribution is 2.19. The zero-order valence-electron chi connectivity index (χ0n) is 8.25. The Labute approximate surface area is 95.7 Å². The number of carbonyl (C=O) groups is 2. The molecule has 0 atom stereocenters. The second-order valence-electron chi connectivity index (χ2n) is 2.99. The summed E-state index contributed by atoms with van der Waals surface area (Å²) in [4.78, 5) is 20.8. The SMILES string of the molecule is NS(=O)(=O)c1ccc(NC(=O)O)c(C(=O)O)c1. The molecule has 1 amide bonds. The Morgan fingerprint density at radius 1 is 1.24 bits per heavy atom. The summed E-state index contributed by atoms with van der Waals surface area (Å²) < 4.78 is 22.0. The molecule has 17 heavy (non-hydrogen) atoms. The van der Waals surface area contributed by atoms with Gasteiger partial charge in [-0.15, -0.1) is 0 Å². The van der Waals surface area contributed by atoms with E-state index in [2.05, 4.69) is 0 Å². The smallest absolute Gasteiger partial charge is 0.409 e. The first-order chi connectivity index (χ1) is 7.71. The topological polar surface area (TPSA) is 147 Å². The van der Waals surface area contributed by atoms with E-state index in [4.69, 9.17) is 15.4 Å². The van der Waals surface area contributed by atoms with Gasteiger partial charge in [-0.25, -0.2) is 23.1 Å². The molecule has 8 nitrogen and oxygen atoms in total. The minimum atomic E-state index is -4.04. The van der Waals surface area contributed by atoms with Crippen molar-refractivity contribution in [3.05, 3.63) is 23.8 Å². The second kappa shape index (κ2) is 4.39. The number of nitrogens with one attached hydrogen (secondary N) is 1. The van der Waals surface area contributed by atoms with Crippen LogP contribution >= 0.6 is 0 Å². The molecule has 0 unspecified atom stereocenters. The van der Waals surface area contributed by atoms with Gasteiger partial charge in [0.15, 0.2) is 0 Å². The summed E-state index contributed by atoms with van der Waals surface area (Å²) in [7, 11) is -4.04. The van der Waals surface area contributed by atoms with Crippen molar-refractivity contribution >= 4 is 27.8 Å². The zero-order valence-corrected chi connectivity index (χ0v) is 9.06. The molecule has 1 aromatic rings. The minimum absolute atomic E-state index is 0.239. The largest absolute Gasteiger partial charge is 0.478 e.